The number of benzene rings is 1. The van der Waals surface area contributed by atoms with Crippen LogP contribution in [0.5, 0.6) is 0 Å². The molecule has 0 amide bonds. The van der Waals surface area contributed by atoms with Crippen molar-refractivity contribution in [3.63, 3.8) is 0 Å². The van der Waals surface area contributed by atoms with Gasteiger partial charge in [-0.25, -0.2) is 0 Å². The Morgan fingerprint density at radius 3 is 2.23 bits per heavy atom. The molecule has 0 unspecified atom stereocenters. The molecule has 0 aromatic heterocycles. The Hall–Kier alpha value is 1.67. The molecule has 1 aliphatic rings. The number of rotatable bonds is 0. The molecule has 5 heteroatoms. The summed E-state index contributed by atoms with van der Waals surface area (Å²) in [6.07, 6.45) is 0. The van der Waals surface area contributed by atoms with E-state index in [9.17, 15) is 0 Å². The van der Waals surface area contributed by atoms with Crippen LogP contribution in [0.1, 0.15) is 5.56 Å². The van der Waals surface area contributed by atoms with E-state index in [0.717, 1.165) is 0 Å². The molecule has 0 radical (unpaired) electrons. The Morgan fingerprint density at radius 2 is 1.62 bits per heavy atom. The molecular formula is C8H4Br4Te. The van der Waals surface area contributed by atoms with Gasteiger partial charge in [0.15, 0.2) is 0 Å². The molecular weight excluding hydrogens is 543 g/mol. The minimum absolute atomic E-state index is 1.18. The van der Waals surface area contributed by atoms with Gasteiger partial charge in [0.1, 0.15) is 0 Å². The summed E-state index contributed by atoms with van der Waals surface area (Å²) in [7, 11) is 0. The Balaban J connectivity index is 2.74. The quantitative estimate of drug-likeness (QED) is 0.429. The molecule has 2 rings (SSSR count). The van der Waals surface area contributed by atoms with E-state index in [1.54, 1.807) is 0 Å². The van der Waals surface area contributed by atoms with Crippen molar-refractivity contribution in [3.8, 4) is 0 Å². The second kappa shape index (κ2) is 3.92. The summed E-state index contributed by atoms with van der Waals surface area (Å²) in [5.74, 6) is 0. The van der Waals surface area contributed by atoms with Gasteiger partial charge in [0.25, 0.3) is 0 Å². The molecule has 0 saturated carbocycles. The summed E-state index contributed by atoms with van der Waals surface area (Å²) in [4.78, 5) is 0. The van der Waals surface area contributed by atoms with Crippen LogP contribution >= 0.6 is 57.4 Å². The first-order valence-corrected chi connectivity index (χ1v) is 17.8. The Labute approximate surface area is 110 Å². The van der Waals surface area contributed by atoms with Gasteiger partial charge < -0.3 is 0 Å². The van der Waals surface area contributed by atoms with Gasteiger partial charge in [0, 0.05) is 0 Å². The van der Waals surface area contributed by atoms with Crippen LogP contribution in [0.3, 0.4) is 0 Å². The Bertz CT molecular complexity index is 397. The summed E-state index contributed by atoms with van der Waals surface area (Å²) in [5, 5.41) is 0. The second-order valence-corrected chi connectivity index (χ2v) is 29.7. The van der Waals surface area contributed by atoms with Crippen LogP contribution in [0.2, 0.25) is 0 Å². The van der Waals surface area contributed by atoms with Gasteiger partial charge in [-0.15, -0.1) is 0 Å². The summed E-state index contributed by atoms with van der Waals surface area (Å²) in [6.45, 7) is 0. The van der Waals surface area contributed by atoms with E-state index in [0.29, 0.717) is 0 Å². The zero-order valence-corrected chi connectivity index (χ0v) is 14.9. The molecule has 13 heavy (non-hydrogen) atoms. The standard InChI is InChI=1S/C8H4Br4Te/c9-7-5-3-1-2-4-6(5)13(11,12)8(7)10/h1-4H. The summed E-state index contributed by atoms with van der Waals surface area (Å²) in [5.41, 5.74) is 1.30. The number of hydrogen-bond donors (Lipinski definition) is 0. The molecule has 0 spiro atoms. The molecule has 1 aromatic carbocycles. The van der Waals surface area contributed by atoms with E-state index in [1.165, 1.54) is 16.2 Å². The topological polar surface area (TPSA) is 0 Å². The van der Waals surface area contributed by atoms with Crippen molar-refractivity contribution in [1.82, 2.24) is 0 Å². The predicted octanol–water partition coefficient (Wildman–Crippen LogP) is 4.14. The number of halogens is 4. The fraction of sp³-hybridized carbons (Fsp3) is 0. The van der Waals surface area contributed by atoms with Gasteiger partial charge in [-0.3, -0.25) is 0 Å². The Morgan fingerprint density at radius 1 is 1.00 bits per heavy atom. The van der Waals surface area contributed by atoms with Gasteiger partial charge in [0.2, 0.25) is 0 Å². The molecule has 0 atom stereocenters. The molecule has 0 aliphatic carbocycles. The summed E-state index contributed by atoms with van der Waals surface area (Å²) in [6, 6.07) is 8.45. The van der Waals surface area contributed by atoms with Crippen molar-refractivity contribution in [3.05, 3.63) is 32.4 Å². The van der Waals surface area contributed by atoms with Crippen LogP contribution in [0, 0.1) is 0 Å². The van der Waals surface area contributed by atoms with Crippen LogP contribution in [-0.4, -0.2) is 13.8 Å². The molecule has 0 saturated heterocycles. The summed E-state index contributed by atoms with van der Waals surface area (Å²) >= 11 is 12.6. The molecule has 1 aliphatic heterocycles. The van der Waals surface area contributed by atoms with E-state index in [4.69, 9.17) is 0 Å². The van der Waals surface area contributed by atoms with Crippen molar-refractivity contribution >= 4 is 79.2 Å². The fourth-order valence-corrected chi connectivity index (χ4v) is 17.3. The zero-order valence-electron chi connectivity index (χ0n) is 6.23. The van der Waals surface area contributed by atoms with Crippen LogP contribution in [0.4, 0.5) is 0 Å². The van der Waals surface area contributed by atoms with Crippen molar-refractivity contribution in [2.45, 2.75) is 0 Å². The maximum absolute atomic E-state index is 3.82. The van der Waals surface area contributed by atoms with Gasteiger partial charge in [-0.05, 0) is 0 Å². The number of fused-ring (bicyclic) bond motifs is 1. The molecule has 1 aromatic rings. The van der Waals surface area contributed by atoms with Gasteiger partial charge in [-0.1, -0.05) is 0 Å². The third kappa shape index (κ3) is 1.74. The Kier molecular flexibility index (Phi) is 3.36. The van der Waals surface area contributed by atoms with Crippen LogP contribution in [-0.2, 0) is 0 Å². The average molecular weight is 547 g/mol. The zero-order chi connectivity index (χ0) is 9.64. The average Bonchev–Trinajstić information content (AvgIpc) is 2.30. The molecule has 0 N–H and O–H groups in total. The molecule has 1 heterocycles. The second-order valence-electron chi connectivity index (χ2n) is 2.55. The van der Waals surface area contributed by atoms with E-state index in [2.05, 4.69) is 81.6 Å². The first-order valence-electron chi connectivity index (χ1n) is 3.42. The van der Waals surface area contributed by atoms with Crippen LogP contribution in [0.15, 0.2) is 26.8 Å². The van der Waals surface area contributed by atoms with Gasteiger partial charge in [-0.2, -0.15) is 0 Å². The molecule has 0 bridgehead atoms. The fourth-order valence-electron chi connectivity index (χ4n) is 1.19. The van der Waals surface area contributed by atoms with Gasteiger partial charge >= 0.3 is 112 Å². The molecule has 0 fully saturated rings. The summed E-state index contributed by atoms with van der Waals surface area (Å²) < 4.78 is 3.85. The van der Waals surface area contributed by atoms with E-state index >= 15 is 0 Å². The van der Waals surface area contributed by atoms with Crippen molar-refractivity contribution in [1.29, 1.82) is 0 Å². The van der Waals surface area contributed by atoms with Crippen LogP contribution < -0.4 is 3.61 Å². The van der Waals surface area contributed by atoms with Crippen molar-refractivity contribution in [2.24, 2.45) is 0 Å². The van der Waals surface area contributed by atoms with Crippen molar-refractivity contribution in [2.75, 3.05) is 0 Å². The molecule has 0 nitrogen and oxygen atoms in total. The third-order valence-corrected chi connectivity index (χ3v) is 26.9. The van der Waals surface area contributed by atoms with Crippen molar-refractivity contribution < 1.29 is 0 Å². The van der Waals surface area contributed by atoms with E-state index in [1.807, 2.05) is 0 Å². The SMILES string of the molecule is BrC1=C(Br)[Te](Br)(Br)c2ccccc21. The first kappa shape index (κ1) is 11.2. The third-order valence-electron chi connectivity index (χ3n) is 1.80. The normalized spacial score (nSPS) is 21.5. The van der Waals surface area contributed by atoms with Gasteiger partial charge in [0.05, 0.1) is 0 Å². The minimum atomic E-state index is -2.30. The molecule has 70 valence electrons. The van der Waals surface area contributed by atoms with E-state index in [-0.39, 0.29) is 0 Å². The number of hydrogen-bond acceptors (Lipinski definition) is 0. The van der Waals surface area contributed by atoms with Crippen LogP contribution in [0.25, 0.3) is 4.48 Å². The monoisotopic (exact) mass is 546 g/mol. The predicted molar refractivity (Wildman–Crippen MR) is 74.5 cm³/mol. The first-order chi connectivity index (χ1) is 6.05. The van der Waals surface area contributed by atoms with E-state index < -0.39 is 13.8 Å². The maximum atomic E-state index is 3.82.